The third kappa shape index (κ3) is 4.15. The van der Waals surface area contributed by atoms with Crippen LogP contribution >= 0.6 is 0 Å². The van der Waals surface area contributed by atoms with Crippen molar-refractivity contribution in [2.75, 3.05) is 23.8 Å². The number of nitrogens with two attached hydrogens (primary N) is 1. The molecule has 0 aliphatic carbocycles. The van der Waals surface area contributed by atoms with Gasteiger partial charge in [0.2, 0.25) is 5.91 Å². The quantitative estimate of drug-likeness (QED) is 0.466. The summed E-state index contributed by atoms with van der Waals surface area (Å²) >= 11 is 0. The molecule has 0 unspecified atom stereocenters. The molecule has 110 valence electrons. The molecule has 1 heterocycles. The zero-order valence-electron chi connectivity index (χ0n) is 11.8. The van der Waals surface area contributed by atoms with E-state index in [1.54, 1.807) is 6.07 Å². The third-order valence-corrected chi connectivity index (χ3v) is 2.71. The molecule has 2 aromatic rings. The first-order valence-corrected chi connectivity index (χ1v) is 6.64. The van der Waals surface area contributed by atoms with Crippen molar-refractivity contribution in [2.24, 2.45) is 5.84 Å². The number of anilines is 2. The van der Waals surface area contributed by atoms with Gasteiger partial charge in [0.15, 0.2) is 5.82 Å². The van der Waals surface area contributed by atoms with Crippen molar-refractivity contribution < 1.29 is 4.79 Å². The van der Waals surface area contributed by atoms with E-state index in [-0.39, 0.29) is 12.5 Å². The second-order valence-electron chi connectivity index (χ2n) is 4.28. The van der Waals surface area contributed by atoms with E-state index >= 15 is 0 Å². The number of hydrogen-bond acceptors (Lipinski definition) is 6. The predicted molar refractivity (Wildman–Crippen MR) is 82.5 cm³/mol. The minimum Gasteiger partial charge on any atom is -0.361 e. The Morgan fingerprint density at radius 2 is 1.90 bits per heavy atom. The fraction of sp³-hybridized carbons (Fsp3) is 0.214. The molecule has 0 fully saturated rings. The second kappa shape index (κ2) is 7.20. The maximum absolute atomic E-state index is 11.5. The summed E-state index contributed by atoms with van der Waals surface area (Å²) in [6.45, 7) is 2.60. The lowest BCUT2D eigenvalue weighted by Gasteiger charge is -2.09. The van der Waals surface area contributed by atoms with Crippen LogP contribution in [-0.4, -0.2) is 29.0 Å². The number of carbonyl (C=O) groups excluding carboxylic acids is 1. The van der Waals surface area contributed by atoms with Crippen LogP contribution in [0.5, 0.6) is 0 Å². The van der Waals surface area contributed by atoms with E-state index in [0.717, 1.165) is 5.56 Å². The SMILES string of the molecule is CCNC(=O)CNc1cc(NN)nc(-c2ccccc2)n1. The monoisotopic (exact) mass is 286 g/mol. The highest BCUT2D eigenvalue weighted by molar-refractivity contribution is 5.80. The van der Waals surface area contributed by atoms with Crippen molar-refractivity contribution in [3.8, 4) is 11.4 Å². The van der Waals surface area contributed by atoms with Crippen LogP contribution in [0.2, 0.25) is 0 Å². The van der Waals surface area contributed by atoms with Crippen molar-refractivity contribution in [3.63, 3.8) is 0 Å². The summed E-state index contributed by atoms with van der Waals surface area (Å²) in [4.78, 5) is 20.2. The zero-order chi connectivity index (χ0) is 15.1. The van der Waals surface area contributed by atoms with Crippen LogP contribution in [0.4, 0.5) is 11.6 Å². The van der Waals surface area contributed by atoms with Crippen LogP contribution in [0.3, 0.4) is 0 Å². The molecule has 0 saturated heterocycles. The van der Waals surface area contributed by atoms with E-state index in [2.05, 4.69) is 26.0 Å². The van der Waals surface area contributed by atoms with Gasteiger partial charge in [-0.25, -0.2) is 15.8 Å². The number of nitrogen functional groups attached to an aromatic ring is 1. The minimum atomic E-state index is -0.0976. The number of hydrazine groups is 1. The molecule has 0 aliphatic rings. The van der Waals surface area contributed by atoms with Gasteiger partial charge in [0, 0.05) is 18.2 Å². The summed E-state index contributed by atoms with van der Waals surface area (Å²) in [5.41, 5.74) is 3.37. The highest BCUT2D eigenvalue weighted by Gasteiger charge is 2.07. The van der Waals surface area contributed by atoms with Gasteiger partial charge in [-0.15, -0.1) is 0 Å². The van der Waals surface area contributed by atoms with Crippen LogP contribution in [0.15, 0.2) is 36.4 Å². The van der Waals surface area contributed by atoms with Gasteiger partial charge >= 0.3 is 0 Å². The number of rotatable bonds is 6. The average Bonchev–Trinajstić information content (AvgIpc) is 2.54. The van der Waals surface area contributed by atoms with E-state index < -0.39 is 0 Å². The summed E-state index contributed by atoms with van der Waals surface area (Å²) in [6.07, 6.45) is 0. The normalized spacial score (nSPS) is 10.0. The third-order valence-electron chi connectivity index (χ3n) is 2.71. The Hall–Kier alpha value is -2.67. The molecule has 1 aromatic carbocycles. The smallest absolute Gasteiger partial charge is 0.239 e. The van der Waals surface area contributed by atoms with Gasteiger partial charge in [0.1, 0.15) is 11.6 Å². The highest BCUT2D eigenvalue weighted by atomic mass is 16.1. The molecular weight excluding hydrogens is 268 g/mol. The Morgan fingerprint density at radius 3 is 2.57 bits per heavy atom. The van der Waals surface area contributed by atoms with E-state index in [9.17, 15) is 4.79 Å². The number of carbonyl (C=O) groups is 1. The van der Waals surface area contributed by atoms with Gasteiger partial charge in [0.05, 0.1) is 6.54 Å². The molecule has 7 heteroatoms. The summed E-state index contributed by atoms with van der Waals surface area (Å²) in [5, 5.41) is 5.66. The number of likely N-dealkylation sites (N-methyl/N-ethyl adjacent to an activating group) is 1. The molecule has 0 bridgehead atoms. The van der Waals surface area contributed by atoms with E-state index in [1.165, 1.54) is 0 Å². The molecule has 0 spiro atoms. The Bertz CT molecular complexity index is 602. The Morgan fingerprint density at radius 1 is 1.19 bits per heavy atom. The van der Waals surface area contributed by atoms with Crippen molar-refractivity contribution in [1.82, 2.24) is 15.3 Å². The lowest BCUT2D eigenvalue weighted by atomic mass is 10.2. The van der Waals surface area contributed by atoms with Crippen molar-refractivity contribution in [1.29, 1.82) is 0 Å². The number of nitrogens with one attached hydrogen (secondary N) is 3. The molecule has 7 nitrogen and oxygen atoms in total. The Labute approximate surface area is 123 Å². The molecule has 0 saturated carbocycles. The Balaban J connectivity index is 2.20. The first kappa shape index (κ1) is 14.7. The topological polar surface area (TPSA) is 105 Å². The van der Waals surface area contributed by atoms with Crippen molar-refractivity contribution >= 4 is 17.5 Å². The summed E-state index contributed by atoms with van der Waals surface area (Å²) in [5.74, 6) is 6.86. The van der Waals surface area contributed by atoms with Crippen LogP contribution in [0.25, 0.3) is 11.4 Å². The van der Waals surface area contributed by atoms with Crippen molar-refractivity contribution in [3.05, 3.63) is 36.4 Å². The van der Waals surface area contributed by atoms with Gasteiger partial charge in [-0.1, -0.05) is 30.3 Å². The standard InChI is InChI=1S/C14H18N6O/c1-2-16-13(21)9-17-11-8-12(20-15)19-14(18-11)10-6-4-3-5-7-10/h3-8H,2,9,15H2,1H3,(H,16,21)(H2,17,18,19,20). The summed E-state index contributed by atoms with van der Waals surface area (Å²) < 4.78 is 0. The van der Waals surface area contributed by atoms with Crippen LogP contribution < -0.4 is 21.9 Å². The fourth-order valence-corrected chi connectivity index (χ4v) is 1.76. The lowest BCUT2D eigenvalue weighted by Crippen LogP contribution is -2.29. The van der Waals surface area contributed by atoms with Crippen LogP contribution in [0, 0.1) is 0 Å². The molecular formula is C14H18N6O. The van der Waals surface area contributed by atoms with Crippen molar-refractivity contribution in [2.45, 2.75) is 6.92 Å². The molecule has 0 aliphatic heterocycles. The first-order chi connectivity index (χ1) is 10.2. The number of aromatic nitrogens is 2. The molecule has 1 aromatic heterocycles. The number of nitrogens with zero attached hydrogens (tertiary/aromatic N) is 2. The predicted octanol–water partition coefficient (Wildman–Crippen LogP) is 0.977. The number of amides is 1. The summed E-state index contributed by atoms with van der Waals surface area (Å²) in [6, 6.07) is 11.2. The largest absolute Gasteiger partial charge is 0.361 e. The minimum absolute atomic E-state index is 0.0976. The average molecular weight is 286 g/mol. The maximum atomic E-state index is 11.5. The van der Waals surface area contributed by atoms with Crippen LogP contribution in [0.1, 0.15) is 6.92 Å². The second-order valence-corrected chi connectivity index (χ2v) is 4.28. The summed E-state index contributed by atoms with van der Waals surface area (Å²) in [7, 11) is 0. The zero-order valence-corrected chi connectivity index (χ0v) is 11.8. The molecule has 0 atom stereocenters. The molecule has 21 heavy (non-hydrogen) atoms. The van der Waals surface area contributed by atoms with Gasteiger partial charge in [0.25, 0.3) is 0 Å². The van der Waals surface area contributed by atoms with E-state index in [1.807, 2.05) is 37.3 Å². The van der Waals surface area contributed by atoms with E-state index in [0.29, 0.717) is 24.0 Å². The number of benzene rings is 1. The number of hydrogen-bond donors (Lipinski definition) is 4. The van der Waals surface area contributed by atoms with Gasteiger partial charge < -0.3 is 16.1 Å². The molecule has 1 amide bonds. The first-order valence-electron chi connectivity index (χ1n) is 6.64. The van der Waals surface area contributed by atoms with Gasteiger partial charge in [-0.3, -0.25) is 4.79 Å². The Kier molecular flexibility index (Phi) is 5.05. The van der Waals surface area contributed by atoms with Gasteiger partial charge in [-0.05, 0) is 6.92 Å². The fourth-order valence-electron chi connectivity index (χ4n) is 1.76. The maximum Gasteiger partial charge on any atom is 0.239 e. The molecule has 2 rings (SSSR count). The molecule has 5 N–H and O–H groups in total. The highest BCUT2D eigenvalue weighted by Crippen LogP contribution is 2.19. The van der Waals surface area contributed by atoms with E-state index in [4.69, 9.17) is 5.84 Å². The lowest BCUT2D eigenvalue weighted by molar-refractivity contribution is -0.119. The molecule has 0 radical (unpaired) electrons. The van der Waals surface area contributed by atoms with Gasteiger partial charge in [-0.2, -0.15) is 0 Å². The van der Waals surface area contributed by atoms with Crippen LogP contribution in [-0.2, 0) is 4.79 Å².